The molecule has 5 aromatic rings. The van der Waals surface area contributed by atoms with E-state index >= 15 is 0 Å². The first-order valence-electron chi connectivity index (χ1n) is 21.3. The summed E-state index contributed by atoms with van der Waals surface area (Å²) in [5.41, 5.74) is 9.07. The number of nitrogens with zero attached hydrogens (tertiary/aromatic N) is 6. The average Bonchev–Trinajstić information content (AvgIpc) is 3.28. The maximum absolute atomic E-state index is 12.2. The van der Waals surface area contributed by atoms with E-state index in [1.807, 2.05) is 90.9 Å². The summed E-state index contributed by atoms with van der Waals surface area (Å²) in [6.45, 7) is 17.7. The largest absolute Gasteiger partial charge is 0.489 e. The van der Waals surface area contributed by atoms with Gasteiger partial charge < -0.3 is 40.4 Å². The number of benzene rings is 4. The predicted octanol–water partition coefficient (Wildman–Crippen LogP) is 11.6. The number of hydrogen-bond donors (Lipinski definition) is 3. The summed E-state index contributed by atoms with van der Waals surface area (Å²) in [6, 6.07) is 24.9. The van der Waals surface area contributed by atoms with Crippen LogP contribution in [-0.2, 0) is 20.7 Å². The van der Waals surface area contributed by atoms with E-state index in [2.05, 4.69) is 38.6 Å². The summed E-state index contributed by atoms with van der Waals surface area (Å²) in [5.74, 6) is 2.09. The lowest BCUT2D eigenvalue weighted by Crippen LogP contribution is -2.47. The van der Waals surface area contributed by atoms with E-state index in [-0.39, 0.29) is 62.7 Å². The topological polar surface area (TPSA) is 200 Å². The Morgan fingerprint density at radius 3 is 2.22 bits per heavy atom. The number of nitro benzene ring substituents is 1. The molecule has 2 heterocycles. The van der Waals surface area contributed by atoms with E-state index < -0.39 is 9.76 Å². The number of hydrogen-bond acceptors (Lipinski definition) is 13. The second-order valence-corrected chi connectivity index (χ2v) is 18.0. The number of nitrogens with one attached hydrogen (secondary N) is 2. The quantitative estimate of drug-likeness (QED) is 0.0436. The molecular formula is C47H58Cl5N9O7. The Morgan fingerprint density at radius 2 is 1.63 bits per heavy atom. The number of aromatic nitrogens is 3. The van der Waals surface area contributed by atoms with E-state index in [0.29, 0.717) is 36.6 Å². The van der Waals surface area contributed by atoms with Gasteiger partial charge in [0.05, 0.1) is 35.0 Å². The number of aryl methyl sites for hydroxylation is 2. The van der Waals surface area contributed by atoms with Gasteiger partial charge in [-0.05, 0) is 108 Å². The maximum Gasteiger partial charge on any atom is 0.293 e. The molecule has 6 rings (SSSR count). The summed E-state index contributed by atoms with van der Waals surface area (Å²) in [6.07, 6.45) is 0.878. The number of para-hydroxylation sites is 4. The van der Waals surface area contributed by atoms with Crippen LogP contribution >= 0.6 is 58.0 Å². The zero-order chi connectivity index (χ0) is 50.7. The minimum absolute atomic E-state index is 0.0223. The van der Waals surface area contributed by atoms with Crippen LogP contribution < -0.4 is 35.6 Å². The summed E-state index contributed by atoms with van der Waals surface area (Å²) < 4.78 is 16.2. The first-order valence-corrected chi connectivity index (χ1v) is 23.5. The molecule has 0 fully saturated rings. The first kappa shape index (κ1) is 57.0. The van der Waals surface area contributed by atoms with Gasteiger partial charge in [0.1, 0.15) is 40.4 Å². The van der Waals surface area contributed by atoms with E-state index in [1.165, 1.54) is 12.1 Å². The number of alkyl halides is 3. The van der Waals surface area contributed by atoms with E-state index in [1.54, 1.807) is 41.2 Å². The molecule has 2 unspecified atom stereocenters. The van der Waals surface area contributed by atoms with Crippen molar-refractivity contribution in [3.63, 3.8) is 0 Å². The molecule has 4 N–H and O–H groups in total. The van der Waals surface area contributed by atoms with Gasteiger partial charge in [0.15, 0.2) is 4.84 Å². The lowest BCUT2D eigenvalue weighted by atomic mass is 10.0. The second-order valence-electron chi connectivity index (χ2n) is 15.9. The van der Waals surface area contributed by atoms with Gasteiger partial charge in [0.25, 0.3) is 11.6 Å². The highest BCUT2D eigenvalue weighted by atomic mass is 35.5. The van der Waals surface area contributed by atoms with Crippen molar-refractivity contribution < 1.29 is 28.7 Å². The maximum atomic E-state index is 12.2. The van der Waals surface area contributed by atoms with Crippen molar-refractivity contribution in [2.24, 2.45) is 0 Å². The predicted molar refractivity (Wildman–Crippen MR) is 276 cm³/mol. The molecule has 21 heteroatoms. The van der Waals surface area contributed by atoms with Crippen LogP contribution in [0.3, 0.4) is 0 Å². The number of rotatable bonds is 13. The molecule has 0 saturated heterocycles. The molecule has 16 nitrogen and oxygen atoms in total. The number of carbonyl (C=O) groups excluding carboxylic acids is 2. The normalized spacial score (nSPS) is 13.1. The van der Waals surface area contributed by atoms with Crippen LogP contribution in [0.25, 0.3) is 0 Å². The van der Waals surface area contributed by atoms with E-state index in [9.17, 15) is 19.7 Å². The van der Waals surface area contributed by atoms with Gasteiger partial charge in [-0.2, -0.15) is 15.0 Å². The number of ether oxygens (including phenoxy) is 3. The zero-order valence-corrected chi connectivity index (χ0v) is 43.1. The fourth-order valence-corrected chi connectivity index (χ4v) is 7.15. The Kier molecular flexibility index (Phi) is 23.1. The van der Waals surface area contributed by atoms with Crippen LogP contribution in [0.5, 0.6) is 17.2 Å². The van der Waals surface area contributed by atoms with Crippen LogP contribution in [0.15, 0.2) is 84.9 Å². The molecule has 0 radical (unpaired) electrons. The SMILES string of the molecule is CC1COc2ccccc2N1C(=O)C(Cl)Cl.CCNc1nc(Cl)nc(NC(C)(C)C)n1.CCc1cccc(C)c1N(C(=O)CCl)C(C)COC.Nc1c([N+](=O)[O-])ccc(Oc2ccccc2)c1Cl. The van der Waals surface area contributed by atoms with E-state index in [0.717, 1.165) is 35.5 Å². The monoisotopic (exact) mass is 1040 g/mol. The number of fused-ring (bicyclic) bond motifs is 1. The summed E-state index contributed by atoms with van der Waals surface area (Å²) in [7, 11) is 1.64. The molecule has 1 aromatic heterocycles. The van der Waals surface area contributed by atoms with Crippen molar-refractivity contribution in [1.29, 1.82) is 0 Å². The average molecular weight is 1040 g/mol. The molecule has 1 aliphatic rings. The van der Waals surface area contributed by atoms with Crippen LogP contribution in [0.4, 0.5) is 34.6 Å². The number of nitrogen functional groups attached to an aromatic ring is 1. The number of carbonyl (C=O) groups is 2. The smallest absolute Gasteiger partial charge is 0.293 e. The molecule has 368 valence electrons. The Labute approximate surface area is 422 Å². The fourth-order valence-electron chi connectivity index (χ4n) is 6.46. The standard InChI is InChI=1S/C15H22ClNO2.C12H9ClN2O3.C11H11Cl2NO2.C9H16ClN5/c1-5-13-8-6-7-11(2)15(13)17(14(18)9-16)12(3)10-19-4;13-11-10(18-8-4-2-1-3-5-8)7-6-9(12(11)14)15(16)17;1-7-6-16-9-5-3-2-4-8(9)14(7)11(15)10(12)13;1-5-11-7-12-6(10)13-8(14-7)15-9(2,3)4/h6-8,12H,5,9-10H2,1-4H3;1-7H,14H2;2-5,7,10H,6H2,1H3;5H2,1-4H3,(H2,11,12,13,14,15). The highest BCUT2D eigenvalue weighted by molar-refractivity contribution is 6.54. The van der Waals surface area contributed by atoms with E-state index in [4.69, 9.17) is 77.9 Å². The molecule has 0 bridgehead atoms. The van der Waals surface area contributed by atoms with Gasteiger partial charge in [-0.15, -0.1) is 11.6 Å². The molecule has 0 saturated carbocycles. The fraction of sp³-hybridized carbons (Fsp3) is 0.383. The van der Waals surface area contributed by atoms with Gasteiger partial charge in [-0.25, -0.2) is 0 Å². The minimum atomic E-state index is -1.05. The van der Waals surface area contributed by atoms with Gasteiger partial charge >= 0.3 is 0 Å². The third-order valence-corrected chi connectivity index (χ3v) is 10.5. The summed E-state index contributed by atoms with van der Waals surface area (Å²) in [5, 5.41) is 17.0. The lowest BCUT2D eigenvalue weighted by Gasteiger charge is -2.35. The highest BCUT2D eigenvalue weighted by Crippen LogP contribution is 2.39. The number of halogens is 5. The van der Waals surface area contributed by atoms with Crippen molar-refractivity contribution in [3.05, 3.63) is 116 Å². The summed E-state index contributed by atoms with van der Waals surface area (Å²) in [4.78, 5) is 48.6. The molecule has 68 heavy (non-hydrogen) atoms. The first-order chi connectivity index (χ1) is 32.2. The van der Waals surface area contributed by atoms with Crippen molar-refractivity contribution in [2.45, 2.75) is 84.3 Å². The Bertz CT molecular complexity index is 2430. The van der Waals surface area contributed by atoms with Crippen molar-refractivity contribution in [3.8, 4) is 17.2 Å². The van der Waals surface area contributed by atoms with Gasteiger partial charge in [0, 0.05) is 25.3 Å². The molecule has 2 atom stereocenters. The number of anilines is 5. The third kappa shape index (κ3) is 17.0. The molecule has 0 aliphatic carbocycles. The van der Waals surface area contributed by atoms with Crippen LogP contribution in [0.2, 0.25) is 10.3 Å². The number of amides is 2. The molecule has 4 aromatic carbocycles. The zero-order valence-electron chi connectivity index (χ0n) is 39.4. The molecule has 1 aliphatic heterocycles. The van der Waals surface area contributed by atoms with Crippen LogP contribution in [-0.4, -0.2) is 86.9 Å². The van der Waals surface area contributed by atoms with Crippen molar-refractivity contribution >= 4 is 104 Å². The Hall–Kier alpha value is -5.36. The second kappa shape index (κ2) is 27.6. The van der Waals surface area contributed by atoms with Crippen molar-refractivity contribution in [2.75, 3.05) is 58.9 Å². The van der Waals surface area contributed by atoms with Gasteiger partial charge in [-0.1, -0.05) is 90.3 Å². The number of nitrogens with two attached hydrogens (primary N) is 1. The third-order valence-electron chi connectivity index (χ3n) is 9.36. The summed E-state index contributed by atoms with van der Waals surface area (Å²) >= 11 is 28.7. The number of nitro groups is 1. The Balaban J connectivity index is 0.000000241. The molecule has 2 amide bonds. The number of methoxy groups -OCH3 is 1. The van der Waals surface area contributed by atoms with Crippen LogP contribution in [0, 0.1) is 17.0 Å². The van der Waals surface area contributed by atoms with Gasteiger partial charge in [0.2, 0.25) is 23.1 Å². The molecule has 0 spiro atoms. The highest BCUT2D eigenvalue weighted by Gasteiger charge is 2.32. The van der Waals surface area contributed by atoms with Crippen molar-refractivity contribution in [1.82, 2.24) is 15.0 Å². The Morgan fingerprint density at radius 1 is 0.985 bits per heavy atom. The lowest BCUT2D eigenvalue weighted by molar-refractivity contribution is -0.383. The van der Waals surface area contributed by atoms with Crippen LogP contribution in [0.1, 0.15) is 59.6 Å². The molecular weight excluding hydrogens is 980 g/mol. The minimum Gasteiger partial charge on any atom is -0.489 e. The van der Waals surface area contributed by atoms with Gasteiger partial charge in [-0.3, -0.25) is 19.7 Å².